The van der Waals surface area contributed by atoms with Crippen LogP contribution in [0.5, 0.6) is 11.5 Å². The number of methoxy groups -OCH3 is 1. The lowest BCUT2D eigenvalue weighted by Crippen LogP contribution is -2.32. The van der Waals surface area contributed by atoms with Gasteiger partial charge >= 0.3 is 0 Å². The molecule has 1 atom stereocenters. The number of allylic oxidation sites excluding steroid dienone is 1. The number of nitrogens with zero attached hydrogens (tertiary/aromatic N) is 3. The molecule has 1 aromatic heterocycles. The third kappa shape index (κ3) is 6.44. The van der Waals surface area contributed by atoms with E-state index in [2.05, 4.69) is 64.7 Å². The van der Waals surface area contributed by atoms with Crippen LogP contribution in [-0.2, 0) is 11.4 Å². The minimum atomic E-state index is -0.602. The van der Waals surface area contributed by atoms with Crippen molar-refractivity contribution in [2.24, 2.45) is 0 Å². The molecule has 2 heterocycles. The topological polar surface area (TPSA) is 90.3 Å². The molecule has 0 saturated heterocycles. The van der Waals surface area contributed by atoms with Crippen LogP contribution < -0.4 is 20.1 Å². The summed E-state index contributed by atoms with van der Waals surface area (Å²) in [5, 5.41) is 11.9. The molecule has 1 unspecified atom stereocenters. The van der Waals surface area contributed by atoms with Crippen molar-refractivity contribution < 1.29 is 14.3 Å². The van der Waals surface area contributed by atoms with E-state index < -0.39 is 6.04 Å². The van der Waals surface area contributed by atoms with Crippen molar-refractivity contribution in [2.45, 2.75) is 45.0 Å². The number of amides is 1. The van der Waals surface area contributed by atoms with E-state index >= 15 is 0 Å². The Balaban J connectivity index is 1.58. The predicted molar refractivity (Wildman–Crippen MR) is 167 cm³/mol. The first-order valence-electron chi connectivity index (χ1n) is 13.4. The number of nitrogens with one attached hydrogen (secondary N) is 2. The molecule has 41 heavy (non-hydrogen) atoms. The zero-order valence-corrected chi connectivity index (χ0v) is 25.8. The number of thioether (sulfide) groups is 1. The van der Waals surface area contributed by atoms with Gasteiger partial charge in [-0.1, -0.05) is 76.6 Å². The van der Waals surface area contributed by atoms with Gasteiger partial charge in [0.05, 0.1) is 18.4 Å². The summed E-state index contributed by atoms with van der Waals surface area (Å²) in [6.07, 6.45) is 0.998. The van der Waals surface area contributed by atoms with Crippen molar-refractivity contribution in [3.63, 3.8) is 0 Å². The molecule has 4 aromatic rings. The molecule has 0 spiro atoms. The Labute approximate surface area is 252 Å². The highest BCUT2D eigenvalue weighted by atomic mass is 79.9. The summed E-state index contributed by atoms with van der Waals surface area (Å²) in [5.74, 6) is 2.41. The lowest BCUT2D eigenvalue weighted by Gasteiger charge is -2.30. The number of carbonyl (C=O) groups is 1. The normalized spacial score (nSPS) is 14.3. The predicted octanol–water partition coefficient (Wildman–Crippen LogP) is 7.37. The van der Waals surface area contributed by atoms with Gasteiger partial charge in [-0.05, 0) is 56.2 Å². The van der Waals surface area contributed by atoms with Gasteiger partial charge in [-0.25, -0.2) is 4.68 Å². The number of anilines is 2. The Morgan fingerprint density at radius 2 is 1.88 bits per heavy atom. The highest BCUT2D eigenvalue weighted by molar-refractivity contribution is 9.10. The maximum Gasteiger partial charge on any atom is 0.255 e. The summed E-state index contributed by atoms with van der Waals surface area (Å²) in [6.45, 7) is 6.44. The van der Waals surface area contributed by atoms with Crippen LogP contribution in [0, 0.1) is 6.92 Å². The highest BCUT2D eigenvalue weighted by Crippen LogP contribution is 2.42. The molecule has 0 bridgehead atoms. The first-order valence-corrected chi connectivity index (χ1v) is 15.1. The third-order valence-corrected chi connectivity index (χ3v) is 8.19. The number of para-hydroxylation sites is 2. The molecule has 3 aromatic carbocycles. The minimum absolute atomic E-state index is 0.280. The molecule has 0 fully saturated rings. The van der Waals surface area contributed by atoms with Gasteiger partial charge in [-0.15, -0.1) is 5.10 Å². The monoisotopic (exact) mass is 633 g/mol. The number of hydrogen-bond donors (Lipinski definition) is 2. The summed E-state index contributed by atoms with van der Waals surface area (Å²) in [4.78, 5) is 18.8. The van der Waals surface area contributed by atoms with E-state index in [0.717, 1.165) is 27.8 Å². The smallest absolute Gasteiger partial charge is 0.255 e. The van der Waals surface area contributed by atoms with Crippen LogP contribution in [-0.4, -0.2) is 33.5 Å². The number of benzene rings is 3. The molecule has 1 aliphatic heterocycles. The second-order valence-corrected chi connectivity index (χ2v) is 11.7. The van der Waals surface area contributed by atoms with Crippen LogP contribution >= 0.6 is 27.7 Å². The molecule has 10 heteroatoms. The minimum Gasteiger partial charge on any atom is -0.495 e. The Morgan fingerprint density at radius 1 is 1.10 bits per heavy atom. The summed E-state index contributed by atoms with van der Waals surface area (Å²) < 4.78 is 14.5. The highest BCUT2D eigenvalue weighted by Gasteiger charge is 2.36. The van der Waals surface area contributed by atoms with Gasteiger partial charge in [-0.2, -0.15) is 4.98 Å². The van der Waals surface area contributed by atoms with Gasteiger partial charge < -0.3 is 20.1 Å². The van der Waals surface area contributed by atoms with Crippen LogP contribution in [0.1, 0.15) is 43.0 Å². The molecule has 0 saturated carbocycles. The lowest BCUT2D eigenvalue weighted by molar-refractivity contribution is -0.113. The standard InChI is InChI=1S/C31H32BrN5O3S/c1-5-16-41-31-35-30-33-20(3)27(29(38)34-24-8-6-7-9-26(24)39-4)28(37(30)36-31)23-17-22(32)14-15-25(23)40-18-21-12-10-19(2)11-13-21/h6-15,17,28H,5,16,18H2,1-4H3,(H,34,38)(H,33,35,36). The largest absolute Gasteiger partial charge is 0.495 e. The van der Waals surface area contributed by atoms with E-state index in [4.69, 9.17) is 19.6 Å². The average molecular weight is 635 g/mol. The molecule has 1 amide bonds. The van der Waals surface area contributed by atoms with Crippen LogP contribution in [0.3, 0.4) is 0 Å². The summed E-state index contributed by atoms with van der Waals surface area (Å²) >= 11 is 5.22. The van der Waals surface area contributed by atoms with Crippen molar-refractivity contribution in [1.82, 2.24) is 14.8 Å². The van der Waals surface area contributed by atoms with Crippen molar-refractivity contribution >= 4 is 45.2 Å². The van der Waals surface area contributed by atoms with Crippen molar-refractivity contribution in [3.8, 4) is 11.5 Å². The van der Waals surface area contributed by atoms with Crippen LogP contribution in [0.15, 0.2) is 87.6 Å². The first kappa shape index (κ1) is 28.8. The van der Waals surface area contributed by atoms with Crippen LogP contribution in [0.4, 0.5) is 11.6 Å². The van der Waals surface area contributed by atoms with Gasteiger partial charge in [0.2, 0.25) is 11.1 Å². The maximum atomic E-state index is 14.0. The Hall–Kier alpha value is -3.76. The molecule has 2 N–H and O–H groups in total. The van der Waals surface area contributed by atoms with Gasteiger partial charge in [-0.3, -0.25) is 4.79 Å². The van der Waals surface area contributed by atoms with Crippen molar-refractivity contribution in [1.29, 1.82) is 0 Å². The molecule has 5 rings (SSSR count). The third-order valence-electron chi connectivity index (χ3n) is 6.65. The van der Waals surface area contributed by atoms with Crippen LogP contribution in [0.25, 0.3) is 0 Å². The summed E-state index contributed by atoms with van der Waals surface area (Å²) in [7, 11) is 1.58. The number of aromatic nitrogens is 3. The van der Waals surface area contributed by atoms with Crippen molar-refractivity contribution in [2.75, 3.05) is 23.5 Å². The van der Waals surface area contributed by atoms with Gasteiger partial charge in [0.15, 0.2) is 0 Å². The maximum absolute atomic E-state index is 14.0. The summed E-state index contributed by atoms with van der Waals surface area (Å²) in [5.41, 5.74) is 4.78. The van der Waals surface area contributed by atoms with E-state index in [1.54, 1.807) is 23.6 Å². The lowest BCUT2D eigenvalue weighted by atomic mass is 9.94. The first-order chi connectivity index (χ1) is 19.9. The SMILES string of the molecule is CCCSc1nc2n(n1)C(c1cc(Br)ccc1OCc1ccc(C)cc1)C(C(=O)Nc1ccccc1OC)=C(C)N2. The molecular formula is C31H32BrN5O3S. The quantitative estimate of drug-likeness (QED) is 0.176. The van der Waals surface area contributed by atoms with Crippen LogP contribution in [0.2, 0.25) is 0 Å². The zero-order valence-electron chi connectivity index (χ0n) is 23.4. The Kier molecular flexibility index (Phi) is 8.99. The number of ether oxygens (including phenoxy) is 2. The number of rotatable bonds is 10. The molecule has 0 radical (unpaired) electrons. The van der Waals surface area contributed by atoms with E-state index in [-0.39, 0.29) is 5.91 Å². The van der Waals surface area contributed by atoms with Gasteiger partial charge in [0.1, 0.15) is 24.1 Å². The van der Waals surface area contributed by atoms with E-state index in [0.29, 0.717) is 46.2 Å². The number of hydrogen-bond acceptors (Lipinski definition) is 7. The number of carbonyl (C=O) groups excluding carboxylic acids is 1. The van der Waals surface area contributed by atoms with E-state index in [1.807, 2.05) is 49.4 Å². The average Bonchev–Trinajstić information content (AvgIpc) is 3.38. The van der Waals surface area contributed by atoms with E-state index in [1.165, 1.54) is 5.56 Å². The Morgan fingerprint density at radius 3 is 2.63 bits per heavy atom. The summed E-state index contributed by atoms with van der Waals surface area (Å²) in [6, 6.07) is 20.8. The zero-order chi connectivity index (χ0) is 28.9. The molecule has 1 aliphatic rings. The molecule has 0 aliphatic carbocycles. The molecule has 212 valence electrons. The van der Waals surface area contributed by atoms with Gasteiger partial charge in [0.25, 0.3) is 5.91 Å². The molecular weight excluding hydrogens is 602 g/mol. The second kappa shape index (κ2) is 12.8. The second-order valence-electron chi connectivity index (χ2n) is 9.69. The molecule has 8 nitrogen and oxygen atoms in total. The Bertz CT molecular complexity index is 1590. The fourth-order valence-electron chi connectivity index (χ4n) is 4.61. The number of fused-ring (bicyclic) bond motifs is 1. The van der Waals surface area contributed by atoms with E-state index in [9.17, 15) is 4.79 Å². The van der Waals surface area contributed by atoms with Gasteiger partial charge in [0, 0.05) is 21.5 Å². The number of aryl methyl sites for hydroxylation is 1. The van der Waals surface area contributed by atoms with Crippen molar-refractivity contribution in [3.05, 3.63) is 99.2 Å². The number of halogens is 1. The fraction of sp³-hybridized carbons (Fsp3) is 0.258. The fourth-order valence-corrected chi connectivity index (χ4v) is 5.68.